The number of aryl methyl sites for hydroxylation is 2. The molecule has 2 nitrogen and oxygen atoms in total. The standard InChI is InChI=1S/C12H11N2/c1-2-8-14-9-6-10-4-3-7-13-12(10)11(14)5-1/h1-5,7-8H,6,9H2/q+1. The number of fused-ring (bicyclic) bond motifs is 3. The second-order valence-corrected chi connectivity index (χ2v) is 3.54. The molecule has 0 spiro atoms. The minimum absolute atomic E-state index is 1.06. The first kappa shape index (κ1) is 7.68. The Morgan fingerprint density at radius 1 is 1.14 bits per heavy atom. The topological polar surface area (TPSA) is 16.8 Å². The molecule has 2 heteroatoms. The maximum Gasteiger partial charge on any atom is 0.231 e. The molecular formula is C12H11N2+. The van der Waals surface area contributed by atoms with Crippen molar-refractivity contribution < 1.29 is 4.57 Å². The predicted molar refractivity (Wildman–Crippen MR) is 53.6 cm³/mol. The minimum Gasteiger partial charge on any atom is -0.250 e. The van der Waals surface area contributed by atoms with Crippen LogP contribution in [0, 0.1) is 0 Å². The lowest BCUT2D eigenvalue weighted by atomic mass is 10.0. The molecule has 3 heterocycles. The van der Waals surface area contributed by atoms with Crippen LogP contribution in [0.2, 0.25) is 0 Å². The van der Waals surface area contributed by atoms with Crippen LogP contribution >= 0.6 is 0 Å². The number of aromatic nitrogens is 2. The first-order valence-electron chi connectivity index (χ1n) is 4.88. The van der Waals surface area contributed by atoms with Gasteiger partial charge in [-0.25, -0.2) is 4.98 Å². The van der Waals surface area contributed by atoms with Gasteiger partial charge in [-0.1, -0.05) is 6.07 Å². The Morgan fingerprint density at radius 2 is 2.14 bits per heavy atom. The fraction of sp³-hybridized carbons (Fsp3) is 0.167. The van der Waals surface area contributed by atoms with Gasteiger partial charge in [0.05, 0.1) is 0 Å². The molecule has 0 atom stereocenters. The second-order valence-electron chi connectivity index (χ2n) is 3.54. The first-order valence-corrected chi connectivity index (χ1v) is 4.88. The molecule has 14 heavy (non-hydrogen) atoms. The van der Waals surface area contributed by atoms with Crippen molar-refractivity contribution in [2.45, 2.75) is 13.0 Å². The SMILES string of the molecule is c1cnc2c(c1)CC[n+]1ccccc1-2. The molecule has 0 saturated heterocycles. The number of rotatable bonds is 0. The lowest BCUT2D eigenvalue weighted by Crippen LogP contribution is -2.39. The Balaban J connectivity index is 2.29. The Kier molecular flexibility index (Phi) is 1.60. The molecule has 0 N–H and O–H groups in total. The number of nitrogens with zero attached hydrogens (tertiary/aromatic N) is 2. The second kappa shape index (κ2) is 2.91. The summed E-state index contributed by atoms with van der Waals surface area (Å²) < 4.78 is 2.26. The maximum absolute atomic E-state index is 4.44. The fourth-order valence-corrected chi connectivity index (χ4v) is 2.00. The highest BCUT2D eigenvalue weighted by Crippen LogP contribution is 2.21. The molecule has 0 amide bonds. The Morgan fingerprint density at radius 3 is 3.14 bits per heavy atom. The van der Waals surface area contributed by atoms with Crippen LogP contribution in [-0.4, -0.2) is 4.98 Å². The summed E-state index contributed by atoms with van der Waals surface area (Å²) >= 11 is 0. The van der Waals surface area contributed by atoms with Crippen molar-refractivity contribution in [3.05, 3.63) is 48.3 Å². The number of hydrogen-bond donors (Lipinski definition) is 0. The quantitative estimate of drug-likeness (QED) is 0.567. The van der Waals surface area contributed by atoms with E-state index < -0.39 is 0 Å². The summed E-state index contributed by atoms with van der Waals surface area (Å²) in [5.74, 6) is 0. The van der Waals surface area contributed by atoms with E-state index in [0.29, 0.717) is 0 Å². The van der Waals surface area contributed by atoms with E-state index in [1.807, 2.05) is 12.3 Å². The zero-order valence-corrected chi connectivity index (χ0v) is 7.85. The van der Waals surface area contributed by atoms with Crippen molar-refractivity contribution in [1.29, 1.82) is 0 Å². The van der Waals surface area contributed by atoms with E-state index in [9.17, 15) is 0 Å². The van der Waals surface area contributed by atoms with Gasteiger partial charge in [0.15, 0.2) is 12.7 Å². The molecule has 0 unspecified atom stereocenters. The number of pyridine rings is 2. The molecule has 0 aromatic carbocycles. The van der Waals surface area contributed by atoms with Crippen molar-refractivity contribution in [1.82, 2.24) is 4.98 Å². The van der Waals surface area contributed by atoms with E-state index in [4.69, 9.17) is 0 Å². The Labute approximate surface area is 82.9 Å². The van der Waals surface area contributed by atoms with E-state index in [1.165, 1.54) is 11.3 Å². The van der Waals surface area contributed by atoms with E-state index >= 15 is 0 Å². The van der Waals surface area contributed by atoms with Gasteiger partial charge in [-0.3, -0.25) is 0 Å². The highest BCUT2D eigenvalue weighted by molar-refractivity contribution is 5.56. The maximum atomic E-state index is 4.44. The smallest absolute Gasteiger partial charge is 0.231 e. The highest BCUT2D eigenvalue weighted by atomic mass is 15.0. The fourth-order valence-electron chi connectivity index (χ4n) is 2.00. The molecule has 2 aromatic rings. The third-order valence-electron chi connectivity index (χ3n) is 2.70. The molecule has 0 radical (unpaired) electrons. The lowest BCUT2D eigenvalue weighted by molar-refractivity contribution is -0.687. The van der Waals surface area contributed by atoms with Gasteiger partial charge < -0.3 is 0 Å². The van der Waals surface area contributed by atoms with Crippen LogP contribution in [0.4, 0.5) is 0 Å². The average Bonchev–Trinajstić information content (AvgIpc) is 2.29. The van der Waals surface area contributed by atoms with Crippen LogP contribution in [0.15, 0.2) is 42.7 Å². The molecule has 0 fully saturated rings. The van der Waals surface area contributed by atoms with Crippen LogP contribution in [-0.2, 0) is 13.0 Å². The van der Waals surface area contributed by atoms with Crippen LogP contribution < -0.4 is 4.57 Å². The molecule has 0 bridgehead atoms. The van der Waals surface area contributed by atoms with Crippen LogP contribution in [0.25, 0.3) is 11.4 Å². The summed E-state index contributed by atoms with van der Waals surface area (Å²) in [5.41, 5.74) is 3.73. The third kappa shape index (κ3) is 1.04. The summed E-state index contributed by atoms with van der Waals surface area (Å²) in [6.07, 6.45) is 5.07. The van der Waals surface area contributed by atoms with Gasteiger partial charge in [-0.15, -0.1) is 0 Å². The summed E-state index contributed by atoms with van der Waals surface area (Å²) in [6.45, 7) is 1.06. The van der Waals surface area contributed by atoms with Gasteiger partial charge in [0.2, 0.25) is 5.69 Å². The zero-order chi connectivity index (χ0) is 9.38. The number of hydrogen-bond acceptors (Lipinski definition) is 1. The summed E-state index contributed by atoms with van der Waals surface area (Å²) in [5, 5.41) is 0. The summed E-state index contributed by atoms with van der Waals surface area (Å²) in [4.78, 5) is 4.44. The van der Waals surface area contributed by atoms with Gasteiger partial charge in [0.1, 0.15) is 5.69 Å². The molecule has 3 rings (SSSR count). The van der Waals surface area contributed by atoms with Gasteiger partial charge >= 0.3 is 0 Å². The van der Waals surface area contributed by atoms with Crippen molar-refractivity contribution in [3.63, 3.8) is 0 Å². The van der Waals surface area contributed by atoms with E-state index in [1.54, 1.807) is 0 Å². The Bertz CT molecular complexity index is 432. The largest absolute Gasteiger partial charge is 0.250 e. The van der Waals surface area contributed by atoms with Crippen molar-refractivity contribution >= 4 is 0 Å². The summed E-state index contributed by atoms with van der Waals surface area (Å²) in [7, 11) is 0. The van der Waals surface area contributed by atoms with Gasteiger partial charge in [-0.05, 0) is 17.7 Å². The molecule has 0 saturated carbocycles. The average molecular weight is 183 g/mol. The molecule has 68 valence electrons. The first-order chi connectivity index (χ1) is 6.95. The third-order valence-corrected chi connectivity index (χ3v) is 2.70. The zero-order valence-electron chi connectivity index (χ0n) is 7.85. The highest BCUT2D eigenvalue weighted by Gasteiger charge is 2.21. The normalized spacial score (nSPS) is 13.1. The van der Waals surface area contributed by atoms with Crippen molar-refractivity contribution in [3.8, 4) is 11.4 Å². The van der Waals surface area contributed by atoms with E-state index in [-0.39, 0.29) is 0 Å². The molecule has 2 aromatic heterocycles. The van der Waals surface area contributed by atoms with Gasteiger partial charge in [-0.2, -0.15) is 4.57 Å². The van der Waals surface area contributed by atoms with Crippen LogP contribution in [0.5, 0.6) is 0 Å². The summed E-state index contributed by atoms with van der Waals surface area (Å²) in [6, 6.07) is 10.4. The van der Waals surface area contributed by atoms with Gasteiger partial charge in [0.25, 0.3) is 0 Å². The van der Waals surface area contributed by atoms with Crippen LogP contribution in [0.1, 0.15) is 5.56 Å². The lowest BCUT2D eigenvalue weighted by Gasteiger charge is -2.12. The monoisotopic (exact) mass is 183 g/mol. The minimum atomic E-state index is 1.06. The molecular weight excluding hydrogens is 172 g/mol. The Hall–Kier alpha value is -1.70. The molecule has 1 aliphatic rings. The van der Waals surface area contributed by atoms with Crippen LogP contribution in [0.3, 0.4) is 0 Å². The molecule has 1 aliphatic heterocycles. The van der Waals surface area contributed by atoms with E-state index in [2.05, 4.69) is 40.0 Å². The van der Waals surface area contributed by atoms with Crippen molar-refractivity contribution in [2.75, 3.05) is 0 Å². The van der Waals surface area contributed by atoms with E-state index in [0.717, 1.165) is 18.7 Å². The van der Waals surface area contributed by atoms with Crippen molar-refractivity contribution in [2.24, 2.45) is 0 Å². The molecule has 0 aliphatic carbocycles. The predicted octanol–water partition coefficient (Wildman–Crippen LogP) is 1.59. The van der Waals surface area contributed by atoms with Gasteiger partial charge in [0, 0.05) is 24.8 Å².